The highest BCUT2D eigenvalue weighted by Gasteiger charge is 2.21. The summed E-state index contributed by atoms with van der Waals surface area (Å²) in [5.74, 6) is 0.603. The predicted octanol–water partition coefficient (Wildman–Crippen LogP) is 4.11. The minimum atomic E-state index is -0.0264. The zero-order valence-corrected chi connectivity index (χ0v) is 14.7. The van der Waals surface area contributed by atoms with Crippen LogP contribution in [0.25, 0.3) is 0 Å². The Kier molecular flexibility index (Phi) is 6.24. The monoisotopic (exact) mass is 326 g/mol. The first-order valence-electron chi connectivity index (χ1n) is 8.43. The van der Waals surface area contributed by atoms with Gasteiger partial charge in [-0.1, -0.05) is 37.3 Å². The van der Waals surface area contributed by atoms with Crippen molar-refractivity contribution in [1.82, 2.24) is 4.90 Å². The molecule has 0 radical (unpaired) electrons. The van der Waals surface area contributed by atoms with Gasteiger partial charge in [0, 0.05) is 29.9 Å². The molecule has 1 amide bonds. The first-order valence-corrected chi connectivity index (χ1v) is 8.43. The number of anilines is 1. The van der Waals surface area contributed by atoms with Crippen LogP contribution in [0.4, 0.5) is 5.69 Å². The van der Waals surface area contributed by atoms with E-state index in [1.165, 1.54) is 0 Å². The maximum Gasteiger partial charge on any atom is 0.254 e. The predicted molar refractivity (Wildman–Crippen MR) is 98.1 cm³/mol. The van der Waals surface area contributed by atoms with Crippen molar-refractivity contribution in [3.63, 3.8) is 0 Å². The van der Waals surface area contributed by atoms with Crippen molar-refractivity contribution in [2.75, 3.05) is 12.3 Å². The molecular weight excluding hydrogens is 300 g/mol. The highest BCUT2D eigenvalue weighted by atomic mass is 16.5. The van der Waals surface area contributed by atoms with Crippen LogP contribution in [0.2, 0.25) is 0 Å². The Morgan fingerprint density at radius 1 is 1.17 bits per heavy atom. The molecule has 0 heterocycles. The number of nitrogen functional groups attached to an aromatic ring is 1. The number of rotatable bonds is 7. The van der Waals surface area contributed by atoms with Gasteiger partial charge in [0.05, 0.1) is 6.61 Å². The van der Waals surface area contributed by atoms with Crippen molar-refractivity contribution in [3.8, 4) is 5.75 Å². The third kappa shape index (κ3) is 4.51. The van der Waals surface area contributed by atoms with Gasteiger partial charge in [-0.15, -0.1) is 0 Å². The van der Waals surface area contributed by atoms with Crippen LogP contribution >= 0.6 is 0 Å². The van der Waals surface area contributed by atoms with Crippen LogP contribution in [-0.2, 0) is 6.54 Å². The molecule has 4 heteroatoms. The van der Waals surface area contributed by atoms with Gasteiger partial charge in [0.15, 0.2) is 0 Å². The highest BCUT2D eigenvalue weighted by Crippen LogP contribution is 2.22. The summed E-state index contributed by atoms with van der Waals surface area (Å²) < 4.78 is 5.51. The maximum absolute atomic E-state index is 13.1. The molecule has 0 saturated heterocycles. The van der Waals surface area contributed by atoms with Gasteiger partial charge >= 0.3 is 0 Å². The number of ether oxygens (including phenoxy) is 1. The summed E-state index contributed by atoms with van der Waals surface area (Å²) >= 11 is 0. The molecule has 0 aliphatic heterocycles. The zero-order valence-electron chi connectivity index (χ0n) is 14.7. The number of nitrogens with zero attached hydrogens (tertiary/aromatic N) is 1. The number of hydrogen-bond acceptors (Lipinski definition) is 3. The van der Waals surface area contributed by atoms with E-state index in [1.807, 2.05) is 42.2 Å². The van der Waals surface area contributed by atoms with E-state index in [4.69, 9.17) is 10.5 Å². The normalized spacial score (nSPS) is 11.8. The van der Waals surface area contributed by atoms with Gasteiger partial charge in [0.25, 0.3) is 5.91 Å². The largest absolute Gasteiger partial charge is 0.494 e. The lowest BCUT2D eigenvalue weighted by atomic mass is 10.1. The smallest absolute Gasteiger partial charge is 0.254 e. The molecule has 0 saturated carbocycles. The minimum Gasteiger partial charge on any atom is -0.494 e. The van der Waals surface area contributed by atoms with E-state index in [0.717, 1.165) is 12.0 Å². The van der Waals surface area contributed by atoms with Crippen molar-refractivity contribution in [1.29, 1.82) is 0 Å². The molecule has 0 bridgehead atoms. The Balaban J connectivity index is 2.30. The minimum absolute atomic E-state index is 0.0264. The number of benzene rings is 2. The van der Waals surface area contributed by atoms with Gasteiger partial charge in [-0.2, -0.15) is 0 Å². The Morgan fingerprint density at radius 2 is 1.88 bits per heavy atom. The van der Waals surface area contributed by atoms with Crippen LogP contribution in [0.3, 0.4) is 0 Å². The molecule has 0 fully saturated rings. The van der Waals surface area contributed by atoms with Crippen LogP contribution in [0.1, 0.15) is 43.1 Å². The molecule has 0 aromatic heterocycles. The Morgan fingerprint density at radius 3 is 2.50 bits per heavy atom. The summed E-state index contributed by atoms with van der Waals surface area (Å²) in [5, 5.41) is 0. The summed E-state index contributed by atoms with van der Waals surface area (Å²) in [4.78, 5) is 15.0. The van der Waals surface area contributed by atoms with Crippen molar-refractivity contribution in [3.05, 3.63) is 59.7 Å². The average molecular weight is 326 g/mol. The number of carbonyl (C=O) groups is 1. The summed E-state index contributed by atoms with van der Waals surface area (Å²) in [6, 6.07) is 15.4. The van der Waals surface area contributed by atoms with Crippen LogP contribution in [-0.4, -0.2) is 23.5 Å². The van der Waals surface area contributed by atoms with E-state index in [9.17, 15) is 4.79 Å². The van der Waals surface area contributed by atoms with Gasteiger partial charge in [0.2, 0.25) is 0 Å². The summed E-state index contributed by atoms with van der Waals surface area (Å²) in [6.45, 7) is 7.17. The van der Waals surface area contributed by atoms with Crippen molar-refractivity contribution >= 4 is 11.6 Å². The lowest BCUT2D eigenvalue weighted by Gasteiger charge is -2.29. The van der Waals surface area contributed by atoms with Gasteiger partial charge < -0.3 is 15.4 Å². The molecule has 0 spiro atoms. The molecule has 24 heavy (non-hydrogen) atoms. The lowest BCUT2D eigenvalue weighted by Crippen LogP contribution is -2.37. The van der Waals surface area contributed by atoms with E-state index in [2.05, 4.69) is 13.8 Å². The molecule has 0 aliphatic rings. The fourth-order valence-corrected chi connectivity index (χ4v) is 2.59. The van der Waals surface area contributed by atoms with E-state index < -0.39 is 0 Å². The van der Waals surface area contributed by atoms with Crippen molar-refractivity contribution < 1.29 is 9.53 Å². The van der Waals surface area contributed by atoms with Crippen molar-refractivity contribution in [2.45, 2.75) is 39.8 Å². The number of carbonyl (C=O) groups excluding carboxylic acids is 1. The van der Waals surface area contributed by atoms with Crippen LogP contribution < -0.4 is 10.5 Å². The molecule has 2 aromatic rings. The third-order valence-electron chi connectivity index (χ3n) is 4.07. The fourth-order valence-electron chi connectivity index (χ4n) is 2.59. The lowest BCUT2D eigenvalue weighted by molar-refractivity contribution is 0.0671. The number of hydrogen-bond donors (Lipinski definition) is 1. The second-order valence-corrected chi connectivity index (χ2v) is 5.90. The summed E-state index contributed by atoms with van der Waals surface area (Å²) in [5.41, 5.74) is 8.15. The summed E-state index contributed by atoms with van der Waals surface area (Å²) in [7, 11) is 0. The highest BCUT2D eigenvalue weighted by molar-refractivity contribution is 5.95. The number of amides is 1. The molecule has 2 aromatic carbocycles. The van der Waals surface area contributed by atoms with Crippen LogP contribution in [0.5, 0.6) is 5.75 Å². The second-order valence-electron chi connectivity index (χ2n) is 5.90. The molecule has 2 N–H and O–H groups in total. The Bertz CT molecular complexity index is 671. The molecular formula is C20H26N2O2. The third-order valence-corrected chi connectivity index (χ3v) is 4.07. The maximum atomic E-state index is 13.1. The first-order chi connectivity index (χ1) is 11.5. The number of nitrogens with two attached hydrogens (primary N) is 1. The molecule has 2 rings (SSSR count). The SMILES string of the molecule is CCOc1cc(N)cc(C(=O)N(Cc2ccccc2)C(C)CC)c1. The standard InChI is InChI=1S/C20H26N2O2/c1-4-15(3)22(14-16-9-7-6-8-10-16)20(23)17-11-18(21)13-19(12-17)24-5-2/h6-13,15H,4-5,14,21H2,1-3H3. The first kappa shape index (κ1) is 17.9. The Labute approximate surface area is 144 Å². The summed E-state index contributed by atoms with van der Waals surface area (Å²) in [6.07, 6.45) is 0.888. The van der Waals surface area contributed by atoms with E-state index in [-0.39, 0.29) is 11.9 Å². The quantitative estimate of drug-likeness (QED) is 0.779. The zero-order chi connectivity index (χ0) is 17.5. The topological polar surface area (TPSA) is 55.6 Å². The van der Waals surface area contributed by atoms with Crippen molar-refractivity contribution in [2.24, 2.45) is 0 Å². The van der Waals surface area contributed by atoms with Crippen LogP contribution in [0, 0.1) is 0 Å². The molecule has 4 nitrogen and oxygen atoms in total. The Hall–Kier alpha value is -2.49. The van der Waals surface area contributed by atoms with E-state index in [0.29, 0.717) is 30.2 Å². The second kappa shape index (κ2) is 8.39. The van der Waals surface area contributed by atoms with Gasteiger partial charge in [0.1, 0.15) is 5.75 Å². The molecule has 1 unspecified atom stereocenters. The van der Waals surface area contributed by atoms with E-state index in [1.54, 1.807) is 18.2 Å². The molecule has 1 atom stereocenters. The average Bonchev–Trinajstić information content (AvgIpc) is 2.59. The van der Waals surface area contributed by atoms with Gasteiger partial charge in [-0.3, -0.25) is 4.79 Å². The van der Waals surface area contributed by atoms with Gasteiger partial charge in [-0.25, -0.2) is 0 Å². The fraction of sp³-hybridized carbons (Fsp3) is 0.350. The van der Waals surface area contributed by atoms with Gasteiger partial charge in [-0.05, 0) is 38.0 Å². The molecule has 128 valence electrons. The van der Waals surface area contributed by atoms with E-state index >= 15 is 0 Å². The van der Waals surface area contributed by atoms with Crippen LogP contribution in [0.15, 0.2) is 48.5 Å². The molecule has 0 aliphatic carbocycles.